The van der Waals surface area contributed by atoms with Gasteiger partial charge in [0, 0.05) is 25.5 Å². The molecule has 0 aliphatic carbocycles. The van der Waals surface area contributed by atoms with Gasteiger partial charge in [-0.25, -0.2) is 9.67 Å². The number of hydrogen-bond acceptors (Lipinski definition) is 5. The van der Waals surface area contributed by atoms with Crippen LogP contribution in [0.5, 0.6) is 0 Å². The Morgan fingerprint density at radius 2 is 2.00 bits per heavy atom. The summed E-state index contributed by atoms with van der Waals surface area (Å²) < 4.78 is 3.68. The highest BCUT2D eigenvalue weighted by Crippen LogP contribution is 2.25. The number of fused-ring (bicyclic) bond motifs is 1. The molecule has 1 fully saturated rings. The van der Waals surface area contributed by atoms with E-state index in [0.29, 0.717) is 24.5 Å². The van der Waals surface area contributed by atoms with Crippen molar-refractivity contribution in [1.82, 2.24) is 29.3 Å². The van der Waals surface area contributed by atoms with Gasteiger partial charge >= 0.3 is 0 Å². The molecule has 0 saturated carbocycles. The zero-order valence-electron chi connectivity index (χ0n) is 15.8. The molecule has 1 aliphatic rings. The van der Waals surface area contributed by atoms with Gasteiger partial charge in [0.15, 0.2) is 0 Å². The van der Waals surface area contributed by atoms with Crippen LogP contribution in [0.25, 0.3) is 5.65 Å². The number of rotatable bonds is 3. The van der Waals surface area contributed by atoms with Crippen LogP contribution in [0.1, 0.15) is 54.5 Å². The van der Waals surface area contributed by atoms with E-state index < -0.39 is 5.60 Å². The molecule has 3 aromatic heterocycles. The number of aryl methyl sites for hydroxylation is 1. The largest absolute Gasteiger partial charge is 0.384 e. The number of piperidine rings is 1. The summed E-state index contributed by atoms with van der Waals surface area (Å²) in [6.07, 6.45) is 7.11. The summed E-state index contributed by atoms with van der Waals surface area (Å²) in [7, 11) is 0. The fourth-order valence-electron chi connectivity index (χ4n) is 3.42. The molecule has 8 heteroatoms. The van der Waals surface area contributed by atoms with E-state index in [4.69, 9.17) is 0 Å². The van der Waals surface area contributed by atoms with Crippen LogP contribution >= 0.6 is 0 Å². The van der Waals surface area contributed by atoms with Crippen molar-refractivity contribution in [3.8, 4) is 0 Å². The summed E-state index contributed by atoms with van der Waals surface area (Å²) in [6.45, 7) is 6.69. The summed E-state index contributed by atoms with van der Waals surface area (Å²) in [5, 5.41) is 18.3. The molecular weight excluding hydrogens is 344 g/mol. The second-order valence-corrected chi connectivity index (χ2v) is 7.76. The summed E-state index contributed by atoms with van der Waals surface area (Å²) >= 11 is 0. The minimum atomic E-state index is -1.00. The van der Waals surface area contributed by atoms with Crippen LogP contribution < -0.4 is 0 Å². The highest BCUT2D eigenvalue weighted by Gasteiger charge is 2.28. The number of carbonyl (C=O) groups excluding carboxylic acids is 1. The number of amides is 1. The monoisotopic (exact) mass is 368 g/mol. The molecule has 1 N–H and O–H groups in total. The molecule has 0 bridgehead atoms. The number of nitrogens with zero attached hydrogens (tertiary/aromatic N) is 6. The van der Waals surface area contributed by atoms with Crippen molar-refractivity contribution >= 4 is 11.6 Å². The van der Waals surface area contributed by atoms with Crippen molar-refractivity contribution in [1.29, 1.82) is 0 Å². The Bertz CT molecular complexity index is 976. The highest BCUT2D eigenvalue weighted by atomic mass is 16.3. The second-order valence-electron chi connectivity index (χ2n) is 7.76. The Kier molecular flexibility index (Phi) is 4.22. The van der Waals surface area contributed by atoms with Gasteiger partial charge in [0.1, 0.15) is 22.6 Å². The molecule has 0 unspecified atom stereocenters. The zero-order chi connectivity index (χ0) is 19.2. The van der Waals surface area contributed by atoms with Crippen LogP contribution in [-0.2, 0) is 5.60 Å². The molecule has 142 valence electrons. The van der Waals surface area contributed by atoms with E-state index in [9.17, 15) is 9.90 Å². The number of imidazole rings is 1. The Morgan fingerprint density at radius 3 is 2.67 bits per heavy atom. The number of hydrogen-bond donors (Lipinski definition) is 1. The van der Waals surface area contributed by atoms with Gasteiger partial charge < -0.3 is 14.4 Å². The number of aromatic nitrogens is 5. The molecular formula is C19H24N6O2. The SMILES string of the molecule is Cc1ccn2cc(C(=O)N3CCC(n4cc(C(C)(C)O)nn4)CC3)nc2c1. The van der Waals surface area contributed by atoms with Crippen molar-refractivity contribution in [2.75, 3.05) is 13.1 Å². The van der Waals surface area contributed by atoms with Gasteiger partial charge in [0.05, 0.1) is 12.2 Å². The van der Waals surface area contributed by atoms with Gasteiger partial charge in [-0.05, 0) is 51.3 Å². The summed E-state index contributed by atoms with van der Waals surface area (Å²) in [5.41, 5.74) is 1.93. The lowest BCUT2D eigenvalue weighted by Crippen LogP contribution is -2.39. The molecule has 0 radical (unpaired) electrons. The third kappa shape index (κ3) is 3.44. The Balaban J connectivity index is 1.43. The molecule has 1 amide bonds. The fourth-order valence-corrected chi connectivity index (χ4v) is 3.42. The first kappa shape index (κ1) is 17.7. The van der Waals surface area contributed by atoms with Crippen molar-refractivity contribution in [2.45, 2.75) is 45.3 Å². The third-order valence-electron chi connectivity index (χ3n) is 5.10. The van der Waals surface area contributed by atoms with Gasteiger partial charge in [-0.15, -0.1) is 5.10 Å². The average Bonchev–Trinajstić information content (AvgIpc) is 3.28. The lowest BCUT2D eigenvalue weighted by atomic mass is 10.0. The first-order valence-electron chi connectivity index (χ1n) is 9.20. The summed E-state index contributed by atoms with van der Waals surface area (Å²) in [4.78, 5) is 19.1. The predicted molar refractivity (Wildman–Crippen MR) is 99.4 cm³/mol. The van der Waals surface area contributed by atoms with E-state index >= 15 is 0 Å². The minimum absolute atomic E-state index is 0.0365. The fraction of sp³-hybridized carbons (Fsp3) is 0.474. The van der Waals surface area contributed by atoms with E-state index in [-0.39, 0.29) is 11.9 Å². The van der Waals surface area contributed by atoms with E-state index in [1.165, 1.54) is 0 Å². The maximum absolute atomic E-state index is 12.8. The van der Waals surface area contributed by atoms with Gasteiger partial charge in [-0.3, -0.25) is 4.79 Å². The van der Waals surface area contributed by atoms with Crippen molar-refractivity contribution in [3.05, 3.63) is 47.7 Å². The van der Waals surface area contributed by atoms with E-state index in [1.807, 2.05) is 39.2 Å². The molecule has 0 aromatic carbocycles. The smallest absolute Gasteiger partial charge is 0.274 e. The van der Waals surface area contributed by atoms with Gasteiger partial charge in [0.25, 0.3) is 5.91 Å². The summed E-state index contributed by atoms with van der Waals surface area (Å²) in [5.74, 6) is -0.0365. The van der Waals surface area contributed by atoms with Crippen LogP contribution in [0, 0.1) is 6.92 Å². The molecule has 8 nitrogen and oxygen atoms in total. The van der Waals surface area contributed by atoms with E-state index in [2.05, 4.69) is 15.3 Å². The first-order valence-corrected chi connectivity index (χ1v) is 9.20. The second kappa shape index (κ2) is 6.45. The van der Waals surface area contributed by atoms with E-state index in [0.717, 1.165) is 24.1 Å². The lowest BCUT2D eigenvalue weighted by Gasteiger charge is -2.31. The number of carbonyl (C=O) groups is 1. The minimum Gasteiger partial charge on any atom is -0.384 e. The van der Waals surface area contributed by atoms with Gasteiger partial charge in [0.2, 0.25) is 0 Å². The Morgan fingerprint density at radius 1 is 1.26 bits per heavy atom. The molecule has 1 aliphatic heterocycles. The molecule has 27 heavy (non-hydrogen) atoms. The van der Waals surface area contributed by atoms with Crippen molar-refractivity contribution < 1.29 is 9.90 Å². The average molecular weight is 368 g/mol. The number of pyridine rings is 1. The number of aliphatic hydroxyl groups is 1. The van der Waals surface area contributed by atoms with Crippen molar-refractivity contribution in [3.63, 3.8) is 0 Å². The van der Waals surface area contributed by atoms with Crippen LogP contribution in [0.2, 0.25) is 0 Å². The summed E-state index contributed by atoms with van der Waals surface area (Å²) in [6, 6.07) is 4.14. The Hall–Kier alpha value is -2.74. The van der Waals surface area contributed by atoms with Crippen LogP contribution in [0.4, 0.5) is 0 Å². The van der Waals surface area contributed by atoms with Crippen molar-refractivity contribution in [2.24, 2.45) is 0 Å². The van der Waals surface area contributed by atoms with Gasteiger partial charge in [-0.2, -0.15) is 0 Å². The Labute approximate surface area is 157 Å². The standard InChI is InChI=1S/C19H24N6O2/c1-13-4-7-24-11-15(20-17(24)10-13)18(26)23-8-5-14(6-9-23)25-12-16(21-22-25)19(2,3)27/h4,7,10-12,14,27H,5-6,8-9H2,1-3H3. The highest BCUT2D eigenvalue weighted by molar-refractivity contribution is 5.93. The first-order chi connectivity index (χ1) is 12.8. The topological polar surface area (TPSA) is 88.5 Å². The lowest BCUT2D eigenvalue weighted by molar-refractivity contribution is 0.0684. The quantitative estimate of drug-likeness (QED) is 0.763. The zero-order valence-corrected chi connectivity index (χ0v) is 15.8. The molecule has 4 rings (SSSR count). The van der Waals surface area contributed by atoms with Crippen LogP contribution in [0.3, 0.4) is 0 Å². The molecule has 4 heterocycles. The number of likely N-dealkylation sites (tertiary alicyclic amines) is 1. The van der Waals surface area contributed by atoms with E-state index in [1.54, 1.807) is 26.2 Å². The molecule has 0 atom stereocenters. The molecule has 3 aromatic rings. The maximum atomic E-state index is 12.8. The molecule has 0 spiro atoms. The third-order valence-corrected chi connectivity index (χ3v) is 5.10. The van der Waals surface area contributed by atoms with Gasteiger partial charge in [-0.1, -0.05) is 5.21 Å². The van der Waals surface area contributed by atoms with Crippen LogP contribution in [-0.4, -0.2) is 53.4 Å². The normalized spacial score (nSPS) is 16.2. The predicted octanol–water partition coefficient (Wildman–Crippen LogP) is 1.94. The van der Waals surface area contributed by atoms with Crippen LogP contribution in [0.15, 0.2) is 30.7 Å². The molecule has 1 saturated heterocycles. The maximum Gasteiger partial charge on any atom is 0.274 e.